The lowest BCUT2D eigenvalue weighted by Crippen LogP contribution is -2.14. The zero-order valence-electron chi connectivity index (χ0n) is 73.1. The van der Waals surface area contributed by atoms with Gasteiger partial charge in [-0.25, -0.2) is 19.9 Å². The predicted molar refractivity (Wildman–Crippen MR) is 542 cm³/mol. The van der Waals surface area contributed by atoms with Crippen LogP contribution in [0.25, 0.3) is 226 Å². The Morgan fingerprint density at radius 1 is 0.235 bits per heavy atom. The van der Waals surface area contributed by atoms with Gasteiger partial charge in [0.25, 0.3) is 0 Å². The van der Waals surface area contributed by atoms with E-state index >= 15 is 0 Å². The number of rotatable bonds is 8. The molecule has 0 saturated carbocycles. The number of benzene rings is 17. The Bertz CT molecular complexity index is 8770. The van der Waals surface area contributed by atoms with E-state index in [9.17, 15) is 0 Å². The number of nitrogens with zero attached hydrogens (tertiary/aromatic N) is 11. The molecular weight excluding hydrogens is 1630 g/mol. The van der Waals surface area contributed by atoms with E-state index in [1.54, 1.807) is 11.3 Å². The molecule has 0 spiro atoms. The Balaban J connectivity index is 0.000000104. The minimum Gasteiger partial charge on any atom is -0.455 e. The highest BCUT2D eigenvalue weighted by atomic mass is 32.1. The van der Waals surface area contributed by atoms with Crippen molar-refractivity contribution in [1.29, 1.82) is 0 Å². The number of thiophene rings is 1. The van der Waals surface area contributed by atoms with E-state index in [-0.39, 0.29) is 16.2 Å². The molecule has 0 aliphatic heterocycles. The molecule has 3 aliphatic rings. The molecule has 25 aromatic rings. The molecule has 0 fully saturated rings. The normalized spacial score (nSPS) is 13.6. The van der Waals surface area contributed by atoms with Crippen LogP contribution < -0.4 is 0 Å². The lowest BCUT2D eigenvalue weighted by atomic mass is 9.82. The molecule has 0 saturated heterocycles. The minimum atomic E-state index is -0.102. The first-order valence-electron chi connectivity index (χ1n) is 45.0. The van der Waals surface area contributed by atoms with Crippen LogP contribution in [-0.2, 0) is 16.2 Å². The van der Waals surface area contributed by atoms with E-state index < -0.39 is 0 Å². The zero-order chi connectivity index (χ0) is 88.0. The van der Waals surface area contributed by atoms with Crippen molar-refractivity contribution in [2.75, 3.05) is 0 Å². The standard InChI is InChI=1S/C42H28N4O.C42H28N4S.C35H25N3/c2*1-42(2)33-20-9-6-15-26(33)31-24-36-32(23-34(31)42)27-16-7-10-21-35(27)46(36)41-44-39(25-13-4-3-5-14-25)43-40(45-41)30-19-12-18-29-28-17-8-11-22-37(28)47-38(29)30;1-35(2)27-16-8-6-14-23(27)25-21-32-26(20-28(25)35)24-15-7-11-19-31(24)38(32)34-33(22-12-4-3-5-13-22)36-29-17-9-10-18-30(29)37-34/h2*3-24H,1-2H3;3-21H,1-2H3. The van der Waals surface area contributed by atoms with Gasteiger partial charge in [0.1, 0.15) is 16.9 Å². The van der Waals surface area contributed by atoms with Crippen LogP contribution in [0.4, 0.5) is 0 Å². The fraction of sp³-hybridized carbons (Fsp3) is 0.0756. The highest BCUT2D eigenvalue weighted by molar-refractivity contribution is 7.26. The second-order valence-electron chi connectivity index (χ2n) is 36.4. The molecule has 0 unspecified atom stereocenters. The molecule has 0 bridgehead atoms. The number of para-hydroxylation sites is 7. The van der Waals surface area contributed by atoms with Crippen LogP contribution in [0.15, 0.2) is 387 Å². The summed E-state index contributed by atoms with van der Waals surface area (Å²) in [6.45, 7) is 14.0. The lowest BCUT2D eigenvalue weighted by Gasteiger charge is -2.21. The average molecular weight is 1710 g/mol. The second-order valence-corrected chi connectivity index (χ2v) is 37.5. The third kappa shape index (κ3) is 11.7. The molecule has 17 aromatic carbocycles. The van der Waals surface area contributed by atoms with Crippen molar-refractivity contribution >= 4 is 130 Å². The molecular formula is C119H81N11OS. The molecule has 8 heterocycles. The molecule has 8 aromatic heterocycles. The highest BCUT2D eigenvalue weighted by Gasteiger charge is 2.40. The molecule has 28 rings (SSSR count). The van der Waals surface area contributed by atoms with Gasteiger partial charge in [0.05, 0.1) is 49.7 Å². The summed E-state index contributed by atoms with van der Waals surface area (Å²) < 4.78 is 15.7. The van der Waals surface area contributed by atoms with Gasteiger partial charge in [0, 0.05) is 102 Å². The monoisotopic (exact) mass is 1710 g/mol. The molecule has 0 radical (unpaired) electrons. The zero-order valence-corrected chi connectivity index (χ0v) is 73.9. The molecule has 0 N–H and O–H groups in total. The summed E-state index contributed by atoms with van der Waals surface area (Å²) in [5, 5.41) is 11.8. The fourth-order valence-electron chi connectivity index (χ4n) is 21.5. The van der Waals surface area contributed by atoms with E-state index in [0.717, 1.165) is 105 Å². The van der Waals surface area contributed by atoms with E-state index in [1.165, 1.54) is 119 Å². The van der Waals surface area contributed by atoms with Crippen molar-refractivity contribution in [3.63, 3.8) is 0 Å². The molecule has 0 amide bonds. The number of hydrogen-bond acceptors (Lipinski definition) is 10. The fourth-order valence-corrected chi connectivity index (χ4v) is 22.7. The summed E-state index contributed by atoms with van der Waals surface area (Å²) in [6.07, 6.45) is 0. The van der Waals surface area contributed by atoms with Crippen LogP contribution in [0, 0.1) is 0 Å². The minimum absolute atomic E-state index is 0.0543. The Kier molecular flexibility index (Phi) is 17.0. The van der Waals surface area contributed by atoms with Gasteiger partial charge in [0.15, 0.2) is 29.1 Å². The van der Waals surface area contributed by atoms with E-state index in [0.29, 0.717) is 35.2 Å². The smallest absolute Gasteiger partial charge is 0.238 e. The first-order valence-corrected chi connectivity index (χ1v) is 45.9. The summed E-state index contributed by atoms with van der Waals surface area (Å²) in [7, 11) is 0. The van der Waals surface area contributed by atoms with Crippen molar-refractivity contribution < 1.29 is 4.42 Å². The number of furan rings is 1. The summed E-state index contributed by atoms with van der Waals surface area (Å²) in [6, 6.07) is 135. The predicted octanol–water partition coefficient (Wildman–Crippen LogP) is 30.2. The van der Waals surface area contributed by atoms with Gasteiger partial charge >= 0.3 is 0 Å². The summed E-state index contributed by atoms with van der Waals surface area (Å²) >= 11 is 1.79. The maximum atomic E-state index is 6.45. The molecule has 12 nitrogen and oxygen atoms in total. The SMILES string of the molecule is CC1(C)c2ccccc2-c2cc3c(cc21)c1ccccc1n3-c1nc(-c2ccccc2)nc(-c2cccc3c2oc2ccccc23)n1.CC1(C)c2ccccc2-c2cc3c(cc21)c1ccccc1n3-c1nc(-c2ccccc2)nc(-c2cccc3c2sc2ccccc23)n1.CC1(C)c2ccccc2-c2cc3c(cc21)c1ccccc1n3-c1nc2ccccc2nc1-c1ccccc1. The number of aromatic nitrogens is 11. The second kappa shape index (κ2) is 29.3. The van der Waals surface area contributed by atoms with Gasteiger partial charge < -0.3 is 4.42 Å². The summed E-state index contributed by atoms with van der Waals surface area (Å²) in [5.41, 5.74) is 31.3. The Labute approximate surface area is 763 Å². The van der Waals surface area contributed by atoms with Gasteiger partial charge in [-0.1, -0.05) is 333 Å². The van der Waals surface area contributed by atoms with Crippen molar-refractivity contribution in [2.45, 2.75) is 57.8 Å². The van der Waals surface area contributed by atoms with Crippen molar-refractivity contribution in [3.05, 3.63) is 416 Å². The van der Waals surface area contributed by atoms with Gasteiger partial charge in [-0.05, 0) is 158 Å². The third-order valence-electron chi connectivity index (χ3n) is 27.9. The Morgan fingerprint density at radius 2 is 0.598 bits per heavy atom. The van der Waals surface area contributed by atoms with Gasteiger partial charge in [0.2, 0.25) is 11.9 Å². The number of fused-ring (bicyclic) bond motifs is 25. The average Bonchev–Trinajstić information content (AvgIpc) is 1.55. The number of hydrogen-bond donors (Lipinski definition) is 0. The largest absolute Gasteiger partial charge is 0.455 e. The van der Waals surface area contributed by atoms with E-state index in [4.69, 9.17) is 44.3 Å². The molecule has 624 valence electrons. The third-order valence-corrected chi connectivity index (χ3v) is 29.2. The quantitative estimate of drug-likeness (QED) is 0.146. The summed E-state index contributed by atoms with van der Waals surface area (Å²) in [4.78, 5) is 41.6. The van der Waals surface area contributed by atoms with Crippen molar-refractivity contribution in [1.82, 2.24) is 53.6 Å². The van der Waals surface area contributed by atoms with Crippen LogP contribution in [0.1, 0.15) is 74.9 Å². The maximum Gasteiger partial charge on any atom is 0.238 e. The lowest BCUT2D eigenvalue weighted by molar-refractivity contribution is 0.661. The van der Waals surface area contributed by atoms with Gasteiger partial charge in [-0.3, -0.25) is 13.7 Å². The molecule has 0 atom stereocenters. The Morgan fingerprint density at radius 3 is 1.11 bits per heavy atom. The van der Waals surface area contributed by atoms with Gasteiger partial charge in [-0.2, -0.15) is 19.9 Å². The van der Waals surface area contributed by atoms with Crippen LogP contribution in [0.5, 0.6) is 0 Å². The van der Waals surface area contributed by atoms with E-state index in [1.807, 2.05) is 109 Å². The van der Waals surface area contributed by atoms with Crippen LogP contribution in [-0.4, -0.2) is 53.6 Å². The van der Waals surface area contributed by atoms with E-state index in [2.05, 4.69) is 328 Å². The highest BCUT2D eigenvalue weighted by Crippen LogP contribution is 2.56. The molecule has 132 heavy (non-hydrogen) atoms. The molecule has 3 aliphatic carbocycles. The van der Waals surface area contributed by atoms with Crippen LogP contribution >= 0.6 is 11.3 Å². The molecule has 13 heteroatoms. The van der Waals surface area contributed by atoms with Gasteiger partial charge in [-0.15, -0.1) is 11.3 Å². The maximum absolute atomic E-state index is 6.45. The Hall–Kier alpha value is -16.5. The first kappa shape index (κ1) is 76.7. The van der Waals surface area contributed by atoms with Crippen molar-refractivity contribution in [2.24, 2.45) is 0 Å². The topological polar surface area (TPSA) is 131 Å². The van der Waals surface area contributed by atoms with Crippen LogP contribution in [0.3, 0.4) is 0 Å². The van der Waals surface area contributed by atoms with Crippen molar-refractivity contribution in [3.8, 4) is 108 Å². The first-order chi connectivity index (χ1) is 64.7. The van der Waals surface area contributed by atoms with Crippen LogP contribution in [0.2, 0.25) is 0 Å². The summed E-state index contributed by atoms with van der Waals surface area (Å²) in [5.74, 6) is 4.54.